The maximum atomic E-state index is 12.5. The summed E-state index contributed by atoms with van der Waals surface area (Å²) in [5.74, 6) is -0.710. The molecule has 2 rings (SSSR count). The van der Waals surface area contributed by atoms with E-state index in [1.54, 1.807) is 6.92 Å². The summed E-state index contributed by atoms with van der Waals surface area (Å²) < 4.78 is 27.9. The van der Waals surface area contributed by atoms with Crippen molar-refractivity contribution in [2.45, 2.75) is 38.1 Å². The van der Waals surface area contributed by atoms with Crippen LogP contribution in [-0.4, -0.2) is 41.5 Å². The van der Waals surface area contributed by atoms with Gasteiger partial charge in [0.1, 0.15) is 10.6 Å². The number of hydrogen-bond acceptors (Lipinski definition) is 3. The Morgan fingerprint density at radius 1 is 1.45 bits per heavy atom. The van der Waals surface area contributed by atoms with Crippen LogP contribution >= 0.6 is 0 Å². The number of carboxylic acids is 1. The molecule has 1 aliphatic heterocycles. The Bertz CT molecular complexity index is 606. The molecule has 0 radical (unpaired) electrons. The van der Waals surface area contributed by atoms with Crippen LogP contribution in [0.15, 0.2) is 17.2 Å². The van der Waals surface area contributed by atoms with Gasteiger partial charge in [0.2, 0.25) is 10.0 Å². The van der Waals surface area contributed by atoms with E-state index in [0.29, 0.717) is 25.6 Å². The summed E-state index contributed by atoms with van der Waals surface area (Å²) in [7, 11) is -3.58. The maximum Gasteiger partial charge on any atom is 0.352 e. The molecule has 0 spiro atoms. The summed E-state index contributed by atoms with van der Waals surface area (Å²) in [4.78, 5) is 11.2. The molecule has 2 heterocycles. The summed E-state index contributed by atoms with van der Waals surface area (Å²) in [5, 5.41) is 9.09. The van der Waals surface area contributed by atoms with Crippen molar-refractivity contribution in [2.24, 2.45) is 5.92 Å². The van der Waals surface area contributed by atoms with Crippen molar-refractivity contribution in [1.82, 2.24) is 8.87 Å². The highest BCUT2D eigenvalue weighted by Crippen LogP contribution is 2.27. The van der Waals surface area contributed by atoms with Gasteiger partial charge in [-0.1, -0.05) is 13.3 Å². The largest absolute Gasteiger partial charge is 0.477 e. The normalized spacial score (nSPS) is 20.4. The Morgan fingerprint density at radius 3 is 2.60 bits per heavy atom. The van der Waals surface area contributed by atoms with Crippen molar-refractivity contribution >= 4 is 16.0 Å². The minimum absolute atomic E-state index is 0.0114. The molecule has 7 heteroatoms. The van der Waals surface area contributed by atoms with E-state index < -0.39 is 16.0 Å². The predicted molar refractivity (Wildman–Crippen MR) is 74.2 cm³/mol. The van der Waals surface area contributed by atoms with Gasteiger partial charge in [-0.25, -0.2) is 13.2 Å². The lowest BCUT2D eigenvalue weighted by Crippen LogP contribution is -2.28. The summed E-state index contributed by atoms with van der Waals surface area (Å²) in [6, 6.07) is 1.25. The fourth-order valence-electron chi connectivity index (χ4n) is 2.56. The first-order valence-corrected chi connectivity index (χ1v) is 8.27. The number of aromatic carboxylic acids is 1. The van der Waals surface area contributed by atoms with Gasteiger partial charge in [0.05, 0.1) is 0 Å². The Kier molecular flexibility index (Phi) is 4.19. The highest BCUT2D eigenvalue weighted by atomic mass is 32.2. The van der Waals surface area contributed by atoms with Gasteiger partial charge >= 0.3 is 5.97 Å². The molecule has 0 aromatic carbocycles. The average Bonchev–Trinajstić information content (AvgIpc) is 3.05. The van der Waals surface area contributed by atoms with E-state index in [9.17, 15) is 13.2 Å². The van der Waals surface area contributed by atoms with Crippen LogP contribution in [0, 0.1) is 5.92 Å². The first-order chi connectivity index (χ1) is 9.40. The molecular weight excluding hydrogens is 280 g/mol. The van der Waals surface area contributed by atoms with Gasteiger partial charge < -0.3 is 9.67 Å². The number of hydrogen-bond donors (Lipinski definition) is 1. The number of rotatable bonds is 5. The van der Waals surface area contributed by atoms with Gasteiger partial charge in [0.25, 0.3) is 0 Å². The van der Waals surface area contributed by atoms with Crippen LogP contribution in [0.1, 0.15) is 37.2 Å². The molecule has 0 aliphatic carbocycles. The summed E-state index contributed by atoms with van der Waals surface area (Å²) in [5.41, 5.74) is 0.0114. The van der Waals surface area contributed by atoms with Gasteiger partial charge in [0.15, 0.2) is 0 Å². The molecule has 6 nitrogen and oxygen atoms in total. The van der Waals surface area contributed by atoms with E-state index in [-0.39, 0.29) is 10.6 Å². The lowest BCUT2D eigenvalue weighted by atomic mass is 10.1. The first kappa shape index (κ1) is 15.1. The molecule has 1 aromatic heterocycles. The average molecular weight is 300 g/mol. The summed E-state index contributed by atoms with van der Waals surface area (Å²) in [6.45, 7) is 5.30. The molecule has 1 aliphatic rings. The molecule has 0 bridgehead atoms. The van der Waals surface area contributed by atoms with Gasteiger partial charge in [0, 0.05) is 25.8 Å². The van der Waals surface area contributed by atoms with E-state index in [2.05, 4.69) is 6.92 Å². The van der Waals surface area contributed by atoms with Crippen LogP contribution < -0.4 is 0 Å². The number of aromatic nitrogens is 1. The zero-order valence-electron chi connectivity index (χ0n) is 11.7. The van der Waals surface area contributed by atoms with E-state index >= 15 is 0 Å². The third kappa shape index (κ3) is 2.60. The quantitative estimate of drug-likeness (QED) is 0.896. The topological polar surface area (TPSA) is 79.6 Å². The summed E-state index contributed by atoms with van der Waals surface area (Å²) >= 11 is 0. The third-order valence-electron chi connectivity index (χ3n) is 3.90. The number of aryl methyl sites for hydroxylation is 1. The van der Waals surface area contributed by atoms with Crippen molar-refractivity contribution < 1.29 is 18.3 Å². The Morgan fingerprint density at radius 2 is 2.15 bits per heavy atom. The second-order valence-electron chi connectivity index (χ2n) is 5.08. The first-order valence-electron chi connectivity index (χ1n) is 6.83. The third-order valence-corrected chi connectivity index (χ3v) is 5.73. The standard InChI is InChI=1S/C13H20N2O4S/c1-3-10-5-6-15(8-10)20(18,19)11-7-12(13(16)17)14(4-2)9-11/h7,9-10H,3-6,8H2,1-2H3,(H,16,17). The van der Waals surface area contributed by atoms with E-state index in [0.717, 1.165) is 12.8 Å². The Hall–Kier alpha value is -1.34. The SMILES string of the molecule is CCC1CCN(S(=O)(=O)c2cc(C(=O)O)n(CC)c2)C1. The molecule has 1 fully saturated rings. The van der Waals surface area contributed by atoms with Crippen LogP contribution in [0.3, 0.4) is 0 Å². The Balaban J connectivity index is 2.33. The molecular formula is C13H20N2O4S. The molecule has 1 atom stereocenters. The van der Waals surface area contributed by atoms with Crippen LogP contribution in [0.2, 0.25) is 0 Å². The molecule has 1 saturated heterocycles. The van der Waals surface area contributed by atoms with Crippen molar-refractivity contribution in [2.75, 3.05) is 13.1 Å². The van der Waals surface area contributed by atoms with Gasteiger partial charge in [-0.05, 0) is 25.3 Å². The fourth-order valence-corrected chi connectivity index (χ4v) is 4.14. The molecule has 20 heavy (non-hydrogen) atoms. The second kappa shape index (κ2) is 5.57. The molecule has 0 amide bonds. The van der Waals surface area contributed by atoms with E-state index in [1.165, 1.54) is 21.1 Å². The van der Waals surface area contributed by atoms with Crippen molar-refractivity contribution in [3.8, 4) is 0 Å². The summed E-state index contributed by atoms with van der Waals surface area (Å²) in [6.07, 6.45) is 3.25. The number of sulfonamides is 1. The van der Waals surface area contributed by atoms with Crippen molar-refractivity contribution in [3.63, 3.8) is 0 Å². The van der Waals surface area contributed by atoms with Gasteiger partial charge in [-0.15, -0.1) is 0 Å². The zero-order chi connectivity index (χ0) is 14.9. The maximum absolute atomic E-state index is 12.5. The van der Waals surface area contributed by atoms with Gasteiger partial charge in [-0.2, -0.15) is 4.31 Å². The number of carbonyl (C=O) groups is 1. The highest BCUT2D eigenvalue weighted by molar-refractivity contribution is 7.89. The van der Waals surface area contributed by atoms with Crippen molar-refractivity contribution in [3.05, 3.63) is 18.0 Å². The fraction of sp³-hybridized carbons (Fsp3) is 0.615. The predicted octanol–water partition coefficient (Wildman–Crippen LogP) is 1.63. The lowest BCUT2D eigenvalue weighted by molar-refractivity contribution is 0.0685. The van der Waals surface area contributed by atoms with Crippen LogP contribution in [0.5, 0.6) is 0 Å². The lowest BCUT2D eigenvalue weighted by Gasteiger charge is -2.15. The minimum Gasteiger partial charge on any atom is -0.477 e. The highest BCUT2D eigenvalue weighted by Gasteiger charge is 2.33. The van der Waals surface area contributed by atoms with Crippen LogP contribution in [0.25, 0.3) is 0 Å². The number of carboxylic acid groups (broad SMARTS) is 1. The molecule has 1 N–H and O–H groups in total. The molecule has 112 valence electrons. The molecule has 1 aromatic rings. The molecule has 1 unspecified atom stereocenters. The van der Waals surface area contributed by atoms with Gasteiger partial charge in [-0.3, -0.25) is 0 Å². The zero-order valence-corrected chi connectivity index (χ0v) is 12.6. The smallest absolute Gasteiger partial charge is 0.352 e. The van der Waals surface area contributed by atoms with Crippen LogP contribution in [-0.2, 0) is 16.6 Å². The molecule has 0 saturated carbocycles. The van der Waals surface area contributed by atoms with E-state index in [4.69, 9.17) is 5.11 Å². The second-order valence-corrected chi connectivity index (χ2v) is 7.02. The minimum atomic E-state index is -3.58. The Labute approximate surface area is 119 Å². The van der Waals surface area contributed by atoms with Crippen molar-refractivity contribution in [1.29, 1.82) is 0 Å². The van der Waals surface area contributed by atoms with Crippen LogP contribution in [0.4, 0.5) is 0 Å². The van der Waals surface area contributed by atoms with E-state index in [1.807, 2.05) is 0 Å². The monoisotopic (exact) mass is 300 g/mol. The number of nitrogens with zero attached hydrogens (tertiary/aromatic N) is 2.